The Kier molecular flexibility index (Phi) is 7.08. The van der Waals surface area contributed by atoms with Gasteiger partial charge in [-0.2, -0.15) is 5.26 Å². The SMILES string of the molecule is CCCCOC(C#N)=C(CCC)C(=O)O. The molecular formula is C11H17NO3. The van der Waals surface area contributed by atoms with E-state index < -0.39 is 5.97 Å². The Bertz CT molecular complexity index is 276. The van der Waals surface area contributed by atoms with Crippen molar-refractivity contribution in [1.29, 1.82) is 5.26 Å². The van der Waals surface area contributed by atoms with Crippen LogP contribution in [0.4, 0.5) is 0 Å². The van der Waals surface area contributed by atoms with Gasteiger partial charge in [0.15, 0.2) is 0 Å². The molecule has 15 heavy (non-hydrogen) atoms. The molecule has 0 amide bonds. The molecular weight excluding hydrogens is 194 g/mol. The van der Waals surface area contributed by atoms with Gasteiger partial charge in [0.05, 0.1) is 12.2 Å². The first-order valence-electron chi connectivity index (χ1n) is 5.16. The third kappa shape index (κ3) is 5.06. The average molecular weight is 211 g/mol. The lowest BCUT2D eigenvalue weighted by Crippen LogP contribution is -2.07. The zero-order chi connectivity index (χ0) is 11.7. The van der Waals surface area contributed by atoms with Crippen LogP contribution < -0.4 is 0 Å². The van der Waals surface area contributed by atoms with Crippen LogP contribution in [-0.4, -0.2) is 17.7 Å². The van der Waals surface area contributed by atoms with Crippen LogP contribution in [0.3, 0.4) is 0 Å². The number of rotatable bonds is 7. The van der Waals surface area contributed by atoms with Gasteiger partial charge < -0.3 is 9.84 Å². The molecule has 0 aromatic rings. The maximum absolute atomic E-state index is 10.8. The molecule has 0 unspecified atom stereocenters. The Morgan fingerprint density at radius 1 is 1.40 bits per heavy atom. The van der Waals surface area contributed by atoms with Gasteiger partial charge in [-0.15, -0.1) is 0 Å². The number of ether oxygens (including phenoxy) is 1. The van der Waals surface area contributed by atoms with Crippen LogP contribution >= 0.6 is 0 Å². The number of carboxylic acids is 1. The molecule has 0 radical (unpaired) electrons. The van der Waals surface area contributed by atoms with Crippen molar-refractivity contribution < 1.29 is 14.6 Å². The molecule has 0 aliphatic heterocycles. The Morgan fingerprint density at radius 2 is 2.07 bits per heavy atom. The minimum atomic E-state index is -1.06. The number of allylic oxidation sites excluding steroid dienone is 1. The van der Waals surface area contributed by atoms with Gasteiger partial charge in [0.1, 0.15) is 6.07 Å². The van der Waals surface area contributed by atoms with Crippen molar-refractivity contribution in [3.8, 4) is 6.07 Å². The number of carboxylic acid groups (broad SMARTS) is 1. The summed E-state index contributed by atoms with van der Waals surface area (Å²) in [6.45, 7) is 4.27. The van der Waals surface area contributed by atoms with Crippen molar-refractivity contribution in [3.05, 3.63) is 11.3 Å². The summed E-state index contributed by atoms with van der Waals surface area (Å²) in [6, 6.07) is 1.80. The van der Waals surface area contributed by atoms with Crippen LogP contribution in [0.2, 0.25) is 0 Å². The van der Waals surface area contributed by atoms with Gasteiger partial charge >= 0.3 is 5.97 Å². The third-order valence-electron chi connectivity index (χ3n) is 1.88. The highest BCUT2D eigenvalue weighted by molar-refractivity contribution is 5.87. The van der Waals surface area contributed by atoms with Crippen molar-refractivity contribution in [1.82, 2.24) is 0 Å². The predicted molar refractivity (Wildman–Crippen MR) is 56.0 cm³/mol. The Balaban J connectivity index is 4.59. The number of aliphatic carboxylic acids is 1. The largest absolute Gasteiger partial charge is 0.483 e. The summed E-state index contributed by atoms with van der Waals surface area (Å²) in [5.74, 6) is -1.11. The van der Waals surface area contributed by atoms with E-state index in [2.05, 4.69) is 0 Å². The van der Waals surface area contributed by atoms with Crippen molar-refractivity contribution >= 4 is 5.97 Å². The summed E-state index contributed by atoms with van der Waals surface area (Å²) in [4.78, 5) is 10.8. The highest BCUT2D eigenvalue weighted by Crippen LogP contribution is 2.13. The average Bonchev–Trinajstić information content (AvgIpc) is 2.22. The molecule has 0 bridgehead atoms. The minimum absolute atomic E-state index is 0.0437. The van der Waals surface area contributed by atoms with Crippen LogP contribution in [0.15, 0.2) is 11.3 Å². The number of nitrogens with zero attached hydrogens (tertiary/aromatic N) is 1. The highest BCUT2D eigenvalue weighted by atomic mass is 16.5. The third-order valence-corrected chi connectivity index (χ3v) is 1.88. The van der Waals surface area contributed by atoms with E-state index in [1.54, 1.807) is 6.07 Å². The summed E-state index contributed by atoms with van der Waals surface area (Å²) < 4.78 is 5.15. The lowest BCUT2D eigenvalue weighted by Gasteiger charge is -2.06. The molecule has 4 nitrogen and oxygen atoms in total. The smallest absolute Gasteiger partial charge is 0.336 e. The standard InChI is InChI=1S/C11H17NO3/c1-3-5-7-15-10(8-12)9(6-4-2)11(13)14/h3-7H2,1-2H3,(H,13,14). The van der Waals surface area contributed by atoms with Crippen LogP contribution in [0.1, 0.15) is 39.5 Å². The highest BCUT2D eigenvalue weighted by Gasteiger charge is 2.14. The second-order valence-electron chi connectivity index (χ2n) is 3.18. The number of nitriles is 1. The second-order valence-corrected chi connectivity index (χ2v) is 3.18. The van der Waals surface area contributed by atoms with Crippen molar-refractivity contribution in [3.63, 3.8) is 0 Å². The maximum Gasteiger partial charge on any atom is 0.336 e. The molecule has 0 aliphatic rings. The normalized spacial score (nSPS) is 11.5. The van der Waals surface area contributed by atoms with E-state index in [0.717, 1.165) is 12.8 Å². The fourth-order valence-electron chi connectivity index (χ4n) is 1.07. The first kappa shape index (κ1) is 13.5. The summed E-state index contributed by atoms with van der Waals surface area (Å²) >= 11 is 0. The van der Waals surface area contributed by atoms with Gasteiger partial charge in [-0.1, -0.05) is 26.7 Å². The van der Waals surface area contributed by atoms with E-state index in [9.17, 15) is 4.79 Å². The van der Waals surface area contributed by atoms with Crippen LogP contribution in [0.25, 0.3) is 0 Å². The molecule has 0 aromatic heterocycles. The van der Waals surface area contributed by atoms with Crippen molar-refractivity contribution in [2.75, 3.05) is 6.61 Å². The molecule has 0 saturated heterocycles. The van der Waals surface area contributed by atoms with Gasteiger partial charge in [0, 0.05) is 0 Å². The predicted octanol–water partition coefficient (Wildman–Crippen LogP) is 2.47. The van der Waals surface area contributed by atoms with E-state index in [1.807, 2.05) is 13.8 Å². The van der Waals surface area contributed by atoms with Gasteiger partial charge in [-0.25, -0.2) is 4.79 Å². The topological polar surface area (TPSA) is 70.3 Å². The quantitative estimate of drug-likeness (QED) is 0.304. The zero-order valence-electron chi connectivity index (χ0n) is 9.25. The van der Waals surface area contributed by atoms with E-state index in [0.29, 0.717) is 19.4 Å². The minimum Gasteiger partial charge on any atom is -0.483 e. The van der Waals surface area contributed by atoms with E-state index in [-0.39, 0.29) is 11.3 Å². The van der Waals surface area contributed by atoms with E-state index >= 15 is 0 Å². The molecule has 0 heterocycles. The van der Waals surface area contributed by atoms with E-state index in [4.69, 9.17) is 15.1 Å². The summed E-state index contributed by atoms with van der Waals surface area (Å²) in [7, 11) is 0. The molecule has 0 aromatic carbocycles. The van der Waals surface area contributed by atoms with Gasteiger partial charge in [0.2, 0.25) is 5.76 Å². The summed E-state index contributed by atoms with van der Waals surface area (Å²) in [6.07, 6.45) is 2.83. The fraction of sp³-hybridized carbons (Fsp3) is 0.636. The number of hydrogen-bond donors (Lipinski definition) is 1. The van der Waals surface area contributed by atoms with Crippen LogP contribution in [0.5, 0.6) is 0 Å². The molecule has 0 rings (SSSR count). The molecule has 84 valence electrons. The van der Waals surface area contributed by atoms with E-state index in [1.165, 1.54) is 0 Å². The molecule has 0 spiro atoms. The van der Waals surface area contributed by atoms with Gasteiger partial charge in [-0.05, 0) is 12.8 Å². The maximum atomic E-state index is 10.8. The second kappa shape index (κ2) is 7.86. The lowest BCUT2D eigenvalue weighted by molar-refractivity contribution is -0.133. The van der Waals surface area contributed by atoms with Gasteiger partial charge in [-0.3, -0.25) is 0 Å². The molecule has 0 fully saturated rings. The molecule has 4 heteroatoms. The molecule has 0 saturated carbocycles. The van der Waals surface area contributed by atoms with Crippen molar-refractivity contribution in [2.45, 2.75) is 39.5 Å². The molecule has 0 aliphatic carbocycles. The van der Waals surface area contributed by atoms with Crippen molar-refractivity contribution in [2.24, 2.45) is 0 Å². The first-order valence-corrected chi connectivity index (χ1v) is 5.16. The lowest BCUT2D eigenvalue weighted by atomic mass is 10.1. The molecule has 0 atom stereocenters. The monoisotopic (exact) mass is 211 g/mol. The Morgan fingerprint density at radius 3 is 2.47 bits per heavy atom. The Hall–Kier alpha value is -1.50. The zero-order valence-corrected chi connectivity index (χ0v) is 9.25. The van der Waals surface area contributed by atoms with Crippen LogP contribution in [0, 0.1) is 11.3 Å². The fourth-order valence-corrected chi connectivity index (χ4v) is 1.07. The summed E-state index contributed by atoms with van der Waals surface area (Å²) in [5.41, 5.74) is 0.0797. The first-order chi connectivity index (χ1) is 7.17. The molecule has 1 N–H and O–H groups in total. The Labute approximate surface area is 90.2 Å². The summed E-state index contributed by atoms with van der Waals surface area (Å²) in [5, 5.41) is 17.6. The number of carbonyl (C=O) groups is 1. The van der Waals surface area contributed by atoms with Crippen LogP contribution in [-0.2, 0) is 9.53 Å². The van der Waals surface area contributed by atoms with Gasteiger partial charge in [0.25, 0.3) is 0 Å². The number of unbranched alkanes of at least 4 members (excludes halogenated alkanes) is 1. The number of hydrogen-bond acceptors (Lipinski definition) is 3.